The predicted molar refractivity (Wildman–Crippen MR) is 50.6 cm³/mol. The summed E-state index contributed by atoms with van der Waals surface area (Å²) in [6.45, 7) is 0. The summed E-state index contributed by atoms with van der Waals surface area (Å²) in [7, 11) is 0. The van der Waals surface area contributed by atoms with Crippen LogP contribution in [0.4, 0.5) is 17.6 Å². The van der Waals surface area contributed by atoms with Crippen molar-refractivity contribution in [1.29, 1.82) is 0 Å². The van der Waals surface area contributed by atoms with E-state index in [1.165, 1.54) is 0 Å². The van der Waals surface area contributed by atoms with E-state index in [1.807, 2.05) is 0 Å². The van der Waals surface area contributed by atoms with Gasteiger partial charge in [-0.2, -0.15) is 13.2 Å². The van der Waals surface area contributed by atoms with E-state index in [0.29, 0.717) is 18.2 Å². The van der Waals surface area contributed by atoms with E-state index in [1.54, 1.807) is 0 Å². The number of carboxylic acids is 1. The Morgan fingerprint density at radius 2 is 2.00 bits per heavy atom. The van der Waals surface area contributed by atoms with Crippen LogP contribution in [0.5, 0.6) is 0 Å². The molecule has 0 aliphatic carbocycles. The van der Waals surface area contributed by atoms with Crippen LogP contribution in [-0.4, -0.2) is 11.1 Å². The number of benzene rings is 1. The molecule has 1 unspecified atom stereocenters. The van der Waals surface area contributed by atoms with Crippen LogP contribution in [0, 0.1) is 5.82 Å². The molecule has 94 valence electrons. The van der Waals surface area contributed by atoms with Crippen LogP contribution in [0.2, 0.25) is 0 Å². The fraction of sp³-hybridized carbons (Fsp3) is 0.300. The van der Waals surface area contributed by atoms with Gasteiger partial charge >= 0.3 is 12.1 Å². The highest BCUT2D eigenvalue weighted by Gasteiger charge is 2.35. The number of hydrogen-bond acceptors (Lipinski definition) is 2. The molecule has 1 atom stereocenters. The predicted octanol–water partition coefficient (Wildman–Crippen LogP) is 2.32. The second-order valence-electron chi connectivity index (χ2n) is 3.43. The summed E-state index contributed by atoms with van der Waals surface area (Å²) < 4.78 is 50.5. The van der Waals surface area contributed by atoms with Crippen LogP contribution in [0.1, 0.15) is 23.6 Å². The van der Waals surface area contributed by atoms with Gasteiger partial charge in [0.05, 0.1) is 12.0 Å². The van der Waals surface area contributed by atoms with Crippen LogP contribution >= 0.6 is 0 Å². The summed E-state index contributed by atoms with van der Waals surface area (Å²) in [5.74, 6) is -2.25. The van der Waals surface area contributed by atoms with Gasteiger partial charge in [0, 0.05) is 6.04 Å². The zero-order chi connectivity index (χ0) is 13.2. The SMILES string of the molecule is NC(CC(=O)O)c1cc(F)ccc1C(F)(F)F. The highest BCUT2D eigenvalue weighted by atomic mass is 19.4. The molecule has 0 radical (unpaired) electrons. The molecule has 0 bridgehead atoms. The minimum Gasteiger partial charge on any atom is -0.481 e. The smallest absolute Gasteiger partial charge is 0.416 e. The molecule has 1 aromatic carbocycles. The highest BCUT2D eigenvalue weighted by molar-refractivity contribution is 5.68. The van der Waals surface area contributed by atoms with Gasteiger partial charge in [-0.25, -0.2) is 4.39 Å². The number of halogens is 4. The Labute approximate surface area is 93.8 Å². The number of rotatable bonds is 3. The Bertz CT molecular complexity index is 431. The first-order valence-corrected chi connectivity index (χ1v) is 4.56. The molecule has 3 nitrogen and oxygen atoms in total. The normalized spacial score (nSPS) is 13.5. The summed E-state index contributed by atoms with van der Waals surface area (Å²) in [6.07, 6.45) is -5.40. The monoisotopic (exact) mass is 251 g/mol. The maximum atomic E-state index is 12.9. The fourth-order valence-electron chi connectivity index (χ4n) is 1.40. The largest absolute Gasteiger partial charge is 0.481 e. The maximum Gasteiger partial charge on any atom is 0.416 e. The third-order valence-corrected chi connectivity index (χ3v) is 2.11. The number of carbonyl (C=O) groups is 1. The number of carboxylic acid groups (broad SMARTS) is 1. The van der Waals surface area contributed by atoms with Crippen molar-refractivity contribution >= 4 is 5.97 Å². The zero-order valence-corrected chi connectivity index (χ0v) is 8.46. The number of aliphatic carboxylic acids is 1. The first kappa shape index (κ1) is 13.4. The van der Waals surface area contributed by atoms with Crippen molar-refractivity contribution in [3.63, 3.8) is 0 Å². The summed E-state index contributed by atoms with van der Waals surface area (Å²) in [5.41, 5.74) is 3.64. The minimum absolute atomic E-state index is 0.548. The van der Waals surface area contributed by atoms with Gasteiger partial charge in [0.1, 0.15) is 5.82 Å². The molecule has 0 saturated heterocycles. The molecule has 0 aliphatic rings. The molecule has 0 amide bonds. The van der Waals surface area contributed by atoms with E-state index in [-0.39, 0.29) is 0 Å². The van der Waals surface area contributed by atoms with Gasteiger partial charge in [0.15, 0.2) is 0 Å². The molecule has 7 heteroatoms. The molecule has 0 aromatic heterocycles. The molecule has 0 saturated carbocycles. The van der Waals surface area contributed by atoms with E-state index < -0.39 is 41.6 Å². The van der Waals surface area contributed by atoms with Crippen LogP contribution in [0.15, 0.2) is 18.2 Å². The van der Waals surface area contributed by atoms with E-state index in [2.05, 4.69) is 0 Å². The van der Waals surface area contributed by atoms with Gasteiger partial charge in [-0.05, 0) is 23.8 Å². The second kappa shape index (κ2) is 4.70. The van der Waals surface area contributed by atoms with Crippen molar-refractivity contribution in [3.8, 4) is 0 Å². The van der Waals surface area contributed by atoms with Crippen molar-refractivity contribution in [2.45, 2.75) is 18.6 Å². The molecule has 1 rings (SSSR count). The van der Waals surface area contributed by atoms with Crippen LogP contribution in [-0.2, 0) is 11.0 Å². The lowest BCUT2D eigenvalue weighted by atomic mass is 9.98. The second-order valence-corrected chi connectivity index (χ2v) is 3.43. The molecule has 1 aromatic rings. The average molecular weight is 251 g/mol. The van der Waals surface area contributed by atoms with Crippen molar-refractivity contribution in [2.75, 3.05) is 0 Å². The van der Waals surface area contributed by atoms with E-state index in [9.17, 15) is 22.4 Å². The Morgan fingerprint density at radius 1 is 1.41 bits per heavy atom. The van der Waals surface area contributed by atoms with Crippen molar-refractivity contribution in [1.82, 2.24) is 0 Å². The lowest BCUT2D eigenvalue weighted by molar-refractivity contribution is -0.140. The van der Waals surface area contributed by atoms with Crippen molar-refractivity contribution < 1.29 is 27.5 Å². The maximum absolute atomic E-state index is 12.9. The molecule has 0 fully saturated rings. The highest BCUT2D eigenvalue weighted by Crippen LogP contribution is 2.35. The summed E-state index contributed by atoms with van der Waals surface area (Å²) in [4.78, 5) is 10.4. The van der Waals surface area contributed by atoms with E-state index in [4.69, 9.17) is 10.8 Å². The summed E-state index contributed by atoms with van der Waals surface area (Å²) >= 11 is 0. The number of hydrogen-bond donors (Lipinski definition) is 2. The van der Waals surface area contributed by atoms with Gasteiger partial charge < -0.3 is 10.8 Å². The molecule has 0 spiro atoms. The topological polar surface area (TPSA) is 63.3 Å². The van der Waals surface area contributed by atoms with Crippen LogP contribution < -0.4 is 5.73 Å². The fourth-order valence-corrected chi connectivity index (χ4v) is 1.40. The van der Waals surface area contributed by atoms with Gasteiger partial charge in [-0.1, -0.05) is 0 Å². The average Bonchev–Trinajstić information content (AvgIpc) is 2.14. The van der Waals surface area contributed by atoms with Crippen LogP contribution in [0.3, 0.4) is 0 Å². The van der Waals surface area contributed by atoms with Crippen molar-refractivity contribution in [3.05, 3.63) is 35.1 Å². The molecule has 0 aliphatic heterocycles. The molecule has 3 N–H and O–H groups in total. The molecule has 17 heavy (non-hydrogen) atoms. The first-order chi connectivity index (χ1) is 7.71. The summed E-state index contributed by atoms with van der Waals surface area (Å²) in [5, 5.41) is 8.45. The molecular weight excluding hydrogens is 242 g/mol. The number of nitrogens with two attached hydrogens (primary N) is 1. The minimum atomic E-state index is -4.70. The van der Waals surface area contributed by atoms with Gasteiger partial charge in [0.2, 0.25) is 0 Å². The molecular formula is C10H9F4NO2. The number of alkyl halides is 3. The standard InChI is InChI=1S/C10H9F4NO2/c11-5-1-2-7(10(12,13)14)6(3-5)8(15)4-9(16)17/h1-3,8H,4,15H2,(H,16,17). The Morgan fingerprint density at radius 3 is 2.47 bits per heavy atom. The van der Waals surface area contributed by atoms with E-state index >= 15 is 0 Å². The third kappa shape index (κ3) is 3.42. The van der Waals surface area contributed by atoms with E-state index in [0.717, 1.165) is 0 Å². The van der Waals surface area contributed by atoms with Crippen LogP contribution in [0.25, 0.3) is 0 Å². The molecule has 0 heterocycles. The Hall–Kier alpha value is -1.63. The quantitative estimate of drug-likeness (QED) is 0.810. The van der Waals surface area contributed by atoms with Crippen molar-refractivity contribution in [2.24, 2.45) is 5.73 Å². The lowest BCUT2D eigenvalue weighted by Gasteiger charge is -2.17. The third-order valence-electron chi connectivity index (χ3n) is 2.11. The van der Waals surface area contributed by atoms with Gasteiger partial charge in [0.25, 0.3) is 0 Å². The van der Waals surface area contributed by atoms with Gasteiger partial charge in [-0.15, -0.1) is 0 Å². The Kier molecular flexibility index (Phi) is 3.72. The first-order valence-electron chi connectivity index (χ1n) is 4.56. The zero-order valence-electron chi connectivity index (χ0n) is 8.46. The Balaban J connectivity index is 3.20. The van der Waals surface area contributed by atoms with Gasteiger partial charge in [-0.3, -0.25) is 4.79 Å². The summed E-state index contributed by atoms with van der Waals surface area (Å²) in [6, 6.07) is 0.405. The lowest BCUT2D eigenvalue weighted by Crippen LogP contribution is -2.20.